The van der Waals surface area contributed by atoms with Crippen LogP contribution >= 0.6 is 11.3 Å². The van der Waals surface area contributed by atoms with Gasteiger partial charge in [0, 0.05) is 15.8 Å². The van der Waals surface area contributed by atoms with Crippen molar-refractivity contribution in [2.24, 2.45) is 11.7 Å². The standard InChI is InChI=1S/C12H19NS/c1-2-10-7-8-11(14-10)12(13)9-5-3-4-6-9/h7-9,12H,2-6,13H2,1H3. The molecule has 1 aromatic rings. The van der Waals surface area contributed by atoms with E-state index in [0.717, 1.165) is 12.3 Å². The van der Waals surface area contributed by atoms with Crippen molar-refractivity contribution in [3.63, 3.8) is 0 Å². The summed E-state index contributed by atoms with van der Waals surface area (Å²) >= 11 is 1.90. The van der Waals surface area contributed by atoms with Gasteiger partial charge in [-0.05, 0) is 37.3 Å². The minimum absolute atomic E-state index is 0.308. The molecule has 2 heteroatoms. The van der Waals surface area contributed by atoms with Gasteiger partial charge in [0.15, 0.2) is 0 Å². The molecule has 2 rings (SSSR count). The summed E-state index contributed by atoms with van der Waals surface area (Å²) in [5.74, 6) is 0.748. The van der Waals surface area contributed by atoms with Gasteiger partial charge in [0.25, 0.3) is 0 Å². The van der Waals surface area contributed by atoms with Crippen LogP contribution in [-0.2, 0) is 6.42 Å². The number of rotatable bonds is 3. The van der Waals surface area contributed by atoms with Crippen LogP contribution in [0.5, 0.6) is 0 Å². The van der Waals surface area contributed by atoms with Gasteiger partial charge in [-0.15, -0.1) is 11.3 Å². The van der Waals surface area contributed by atoms with Crippen LogP contribution in [0.1, 0.15) is 48.4 Å². The van der Waals surface area contributed by atoms with Gasteiger partial charge in [-0.1, -0.05) is 19.8 Å². The van der Waals surface area contributed by atoms with Crippen molar-refractivity contribution in [1.29, 1.82) is 0 Å². The third-order valence-corrected chi connectivity index (χ3v) is 4.60. The Morgan fingerprint density at radius 1 is 1.43 bits per heavy atom. The second-order valence-electron chi connectivity index (χ2n) is 4.23. The molecule has 1 nitrogen and oxygen atoms in total. The van der Waals surface area contributed by atoms with E-state index >= 15 is 0 Å². The number of hydrogen-bond acceptors (Lipinski definition) is 2. The van der Waals surface area contributed by atoms with Crippen molar-refractivity contribution in [3.8, 4) is 0 Å². The van der Waals surface area contributed by atoms with Crippen LogP contribution < -0.4 is 5.73 Å². The normalized spacial score (nSPS) is 20.1. The molecule has 0 aromatic carbocycles. The fraction of sp³-hybridized carbons (Fsp3) is 0.667. The molecule has 78 valence electrons. The molecule has 1 aliphatic rings. The Kier molecular flexibility index (Phi) is 3.24. The van der Waals surface area contributed by atoms with E-state index in [0.29, 0.717) is 6.04 Å². The van der Waals surface area contributed by atoms with E-state index in [9.17, 15) is 0 Å². The molecular weight excluding hydrogens is 190 g/mol. The second-order valence-corrected chi connectivity index (χ2v) is 5.43. The molecule has 1 heterocycles. The van der Waals surface area contributed by atoms with Gasteiger partial charge in [-0.3, -0.25) is 0 Å². The zero-order valence-electron chi connectivity index (χ0n) is 8.83. The molecule has 0 bridgehead atoms. The predicted molar refractivity (Wildman–Crippen MR) is 62.6 cm³/mol. The molecule has 1 saturated carbocycles. The maximum Gasteiger partial charge on any atom is 0.0418 e. The van der Waals surface area contributed by atoms with Crippen LogP contribution in [0.3, 0.4) is 0 Å². The lowest BCUT2D eigenvalue weighted by Crippen LogP contribution is -2.17. The zero-order chi connectivity index (χ0) is 9.97. The van der Waals surface area contributed by atoms with Crippen molar-refractivity contribution in [3.05, 3.63) is 21.9 Å². The van der Waals surface area contributed by atoms with E-state index in [-0.39, 0.29) is 0 Å². The van der Waals surface area contributed by atoms with E-state index in [2.05, 4.69) is 19.1 Å². The first-order chi connectivity index (χ1) is 6.81. The van der Waals surface area contributed by atoms with Crippen molar-refractivity contribution in [1.82, 2.24) is 0 Å². The lowest BCUT2D eigenvalue weighted by atomic mass is 9.98. The molecule has 1 atom stereocenters. The highest BCUT2D eigenvalue weighted by atomic mass is 32.1. The first kappa shape index (κ1) is 10.2. The van der Waals surface area contributed by atoms with Crippen LogP contribution in [0.4, 0.5) is 0 Å². The molecule has 0 amide bonds. The molecule has 1 aliphatic carbocycles. The van der Waals surface area contributed by atoms with Crippen molar-refractivity contribution < 1.29 is 0 Å². The Morgan fingerprint density at radius 3 is 2.71 bits per heavy atom. The first-order valence-electron chi connectivity index (χ1n) is 5.65. The van der Waals surface area contributed by atoms with Gasteiger partial charge < -0.3 is 5.73 Å². The Bertz CT molecular complexity index is 286. The van der Waals surface area contributed by atoms with Crippen LogP contribution in [0.25, 0.3) is 0 Å². The van der Waals surface area contributed by atoms with Crippen LogP contribution in [-0.4, -0.2) is 0 Å². The highest BCUT2D eigenvalue weighted by Gasteiger charge is 2.23. The molecule has 1 fully saturated rings. The maximum absolute atomic E-state index is 6.28. The average Bonchev–Trinajstić information content (AvgIpc) is 2.88. The Morgan fingerprint density at radius 2 is 2.14 bits per heavy atom. The van der Waals surface area contributed by atoms with E-state index in [1.165, 1.54) is 35.4 Å². The van der Waals surface area contributed by atoms with E-state index in [1.807, 2.05) is 11.3 Å². The van der Waals surface area contributed by atoms with Gasteiger partial charge in [0.2, 0.25) is 0 Å². The monoisotopic (exact) mass is 209 g/mol. The third-order valence-electron chi connectivity index (χ3n) is 3.27. The van der Waals surface area contributed by atoms with E-state index in [1.54, 1.807) is 0 Å². The molecule has 2 N–H and O–H groups in total. The SMILES string of the molecule is CCc1ccc(C(N)C2CCCC2)s1. The van der Waals surface area contributed by atoms with E-state index < -0.39 is 0 Å². The minimum atomic E-state index is 0.308. The molecule has 0 aliphatic heterocycles. The summed E-state index contributed by atoms with van der Waals surface area (Å²) in [6.45, 7) is 2.21. The minimum Gasteiger partial charge on any atom is -0.323 e. The Labute approximate surface area is 90.3 Å². The van der Waals surface area contributed by atoms with Crippen molar-refractivity contribution in [2.75, 3.05) is 0 Å². The molecule has 14 heavy (non-hydrogen) atoms. The van der Waals surface area contributed by atoms with Gasteiger partial charge >= 0.3 is 0 Å². The number of thiophene rings is 1. The first-order valence-corrected chi connectivity index (χ1v) is 6.47. The van der Waals surface area contributed by atoms with Gasteiger partial charge in [-0.2, -0.15) is 0 Å². The molecule has 0 spiro atoms. The Hall–Kier alpha value is -0.340. The maximum atomic E-state index is 6.28. The quantitative estimate of drug-likeness (QED) is 0.810. The van der Waals surface area contributed by atoms with Gasteiger partial charge in [0.05, 0.1) is 0 Å². The smallest absolute Gasteiger partial charge is 0.0418 e. The molecule has 1 aromatic heterocycles. The predicted octanol–water partition coefficient (Wildman–Crippen LogP) is 3.50. The summed E-state index contributed by atoms with van der Waals surface area (Å²) in [6.07, 6.45) is 6.57. The summed E-state index contributed by atoms with van der Waals surface area (Å²) in [6, 6.07) is 4.77. The number of aryl methyl sites for hydroxylation is 1. The van der Waals surface area contributed by atoms with Gasteiger partial charge in [0.1, 0.15) is 0 Å². The molecular formula is C12H19NS. The summed E-state index contributed by atoms with van der Waals surface area (Å²) in [5, 5.41) is 0. The van der Waals surface area contributed by atoms with Crippen LogP contribution in [0, 0.1) is 5.92 Å². The van der Waals surface area contributed by atoms with Crippen LogP contribution in [0.2, 0.25) is 0 Å². The van der Waals surface area contributed by atoms with Crippen molar-refractivity contribution >= 4 is 11.3 Å². The highest BCUT2D eigenvalue weighted by molar-refractivity contribution is 7.12. The fourth-order valence-corrected chi connectivity index (χ4v) is 3.36. The summed E-state index contributed by atoms with van der Waals surface area (Å²) in [7, 11) is 0. The number of nitrogens with two attached hydrogens (primary N) is 1. The highest BCUT2D eigenvalue weighted by Crippen LogP contribution is 2.36. The van der Waals surface area contributed by atoms with Crippen LogP contribution in [0.15, 0.2) is 12.1 Å². The summed E-state index contributed by atoms with van der Waals surface area (Å²) in [5.41, 5.74) is 6.28. The second kappa shape index (κ2) is 4.45. The number of hydrogen-bond donors (Lipinski definition) is 1. The van der Waals surface area contributed by atoms with Gasteiger partial charge in [-0.25, -0.2) is 0 Å². The van der Waals surface area contributed by atoms with Crippen molar-refractivity contribution in [2.45, 2.75) is 45.1 Å². The Balaban J connectivity index is 2.05. The summed E-state index contributed by atoms with van der Waals surface area (Å²) in [4.78, 5) is 2.86. The van der Waals surface area contributed by atoms with E-state index in [4.69, 9.17) is 5.73 Å². The molecule has 0 radical (unpaired) electrons. The lowest BCUT2D eigenvalue weighted by Gasteiger charge is -2.16. The zero-order valence-corrected chi connectivity index (χ0v) is 9.65. The largest absolute Gasteiger partial charge is 0.323 e. The average molecular weight is 209 g/mol. The summed E-state index contributed by atoms with van der Waals surface area (Å²) < 4.78 is 0. The molecule has 0 saturated heterocycles. The lowest BCUT2D eigenvalue weighted by molar-refractivity contribution is 0.450. The third kappa shape index (κ3) is 2.01. The molecule has 1 unspecified atom stereocenters. The fourth-order valence-electron chi connectivity index (χ4n) is 2.31. The topological polar surface area (TPSA) is 26.0 Å².